The van der Waals surface area contributed by atoms with Crippen molar-refractivity contribution in [3.63, 3.8) is 0 Å². The highest BCUT2D eigenvalue weighted by molar-refractivity contribution is 5.93. The van der Waals surface area contributed by atoms with Crippen LogP contribution in [0.3, 0.4) is 0 Å². The molecule has 15 heteroatoms. The van der Waals surface area contributed by atoms with Crippen LogP contribution < -0.4 is 21.3 Å². The molecule has 0 saturated heterocycles. The molecule has 2 heterocycles. The molecule has 68 heavy (non-hydrogen) atoms. The van der Waals surface area contributed by atoms with E-state index in [-0.39, 0.29) is 32.0 Å². The molecule has 15 nitrogen and oxygen atoms in total. The normalized spacial score (nSPS) is 12.6. The second-order valence-electron chi connectivity index (χ2n) is 16.1. The predicted octanol–water partition coefficient (Wildman–Crippen LogP) is 5.59. The van der Waals surface area contributed by atoms with Gasteiger partial charge in [0.05, 0.1) is 24.9 Å². The van der Waals surface area contributed by atoms with Crippen molar-refractivity contribution in [3.8, 4) is 11.1 Å². The number of amides is 4. The minimum atomic E-state index is -1.28. The summed E-state index contributed by atoms with van der Waals surface area (Å²) < 4.78 is 12.8. The molecule has 0 bridgehead atoms. The number of benzene rings is 5. The molecule has 1 aliphatic carbocycles. The lowest BCUT2D eigenvalue weighted by molar-refractivity contribution is -0.146. The zero-order valence-electron chi connectivity index (χ0n) is 37.0. The summed E-state index contributed by atoms with van der Waals surface area (Å²) in [5, 5.41) is 10.5. The Morgan fingerprint density at radius 3 is 1.79 bits per heavy atom. The Hall–Kier alpha value is -8.59. The molecule has 5 N–H and O–H groups in total. The highest BCUT2D eigenvalue weighted by atomic mass is 16.5. The molecule has 2 atom stereocenters. The molecule has 7 aromatic rings. The number of hydrogen-bond donors (Lipinski definition) is 5. The Labute approximate surface area is 393 Å². The van der Waals surface area contributed by atoms with Crippen LogP contribution in [0.25, 0.3) is 11.1 Å². The Kier molecular flexibility index (Phi) is 14.6. The Balaban J connectivity index is 1.00. The Bertz CT molecular complexity index is 2710. The quantitative estimate of drug-likeness (QED) is 0.0368. The lowest BCUT2D eigenvalue weighted by atomic mass is 9.77. The van der Waals surface area contributed by atoms with Crippen molar-refractivity contribution in [3.05, 3.63) is 216 Å². The van der Waals surface area contributed by atoms with E-state index >= 15 is 0 Å². The van der Waals surface area contributed by atoms with E-state index in [4.69, 9.17) is 14.5 Å². The van der Waals surface area contributed by atoms with Gasteiger partial charge in [0.1, 0.15) is 37.4 Å². The summed E-state index contributed by atoms with van der Waals surface area (Å²) in [6.07, 6.45) is 7.01. The highest BCUT2D eigenvalue weighted by Gasteiger charge is 2.39. The van der Waals surface area contributed by atoms with Crippen molar-refractivity contribution in [1.29, 1.82) is 0 Å². The van der Waals surface area contributed by atoms with Gasteiger partial charge in [0.2, 0.25) is 17.7 Å². The van der Waals surface area contributed by atoms with Crippen LogP contribution in [0.1, 0.15) is 45.1 Å². The lowest BCUT2D eigenvalue weighted by Gasteiger charge is -2.37. The maximum absolute atomic E-state index is 14.1. The number of fused-ring (bicyclic) bond motifs is 3. The summed E-state index contributed by atoms with van der Waals surface area (Å²) in [6.45, 7) is 2.47. The van der Waals surface area contributed by atoms with Gasteiger partial charge in [-0.05, 0) is 38.9 Å². The van der Waals surface area contributed by atoms with Crippen LogP contribution in [-0.4, -0.2) is 87.7 Å². The number of hydrogen-bond acceptors (Lipinski definition) is 9. The minimum absolute atomic E-state index is 0.0440. The fourth-order valence-electron chi connectivity index (χ4n) is 8.69. The van der Waals surface area contributed by atoms with Crippen molar-refractivity contribution in [2.24, 2.45) is 0 Å². The van der Waals surface area contributed by atoms with Crippen molar-refractivity contribution < 1.29 is 33.4 Å². The van der Waals surface area contributed by atoms with Crippen LogP contribution in [0.5, 0.6) is 0 Å². The van der Waals surface area contributed by atoms with Gasteiger partial charge < -0.3 is 40.3 Å². The number of imidazole rings is 2. The number of carbonyl (C=O) groups excluding carboxylic acids is 5. The third-order valence-electron chi connectivity index (χ3n) is 11.8. The molecule has 0 fully saturated rings. The first-order valence-electron chi connectivity index (χ1n) is 22.1. The zero-order chi connectivity index (χ0) is 47.3. The van der Waals surface area contributed by atoms with Gasteiger partial charge in [0.25, 0.3) is 0 Å². The number of nitrogens with zero attached hydrogens (tertiary/aromatic N) is 3. The molecule has 0 spiro atoms. The Morgan fingerprint density at radius 1 is 0.691 bits per heavy atom. The minimum Gasteiger partial charge on any atom is -0.460 e. The molecule has 1 aliphatic rings. The SMILES string of the molecule is C=CCOC(=O)[C@H](Cc1cnc[nH]1)NC(=O)CNC(=O)[C@H](Cc1cn(C(c2ccccc2)(c2ccccc2)c2ccccc2)cn1)NC(=O)CNC(=O)OCC1c2ccccc2-c2ccccc21. The largest absolute Gasteiger partial charge is 0.460 e. The molecule has 0 unspecified atom stereocenters. The van der Waals surface area contributed by atoms with E-state index < -0.39 is 60.5 Å². The number of rotatable bonds is 20. The topological polar surface area (TPSA) is 198 Å². The summed E-state index contributed by atoms with van der Waals surface area (Å²) >= 11 is 0. The van der Waals surface area contributed by atoms with Gasteiger partial charge in [-0.1, -0.05) is 152 Å². The van der Waals surface area contributed by atoms with Gasteiger partial charge in [-0.3, -0.25) is 14.4 Å². The summed E-state index contributed by atoms with van der Waals surface area (Å²) in [5.74, 6) is -3.00. The van der Waals surface area contributed by atoms with Crippen molar-refractivity contribution >= 4 is 29.8 Å². The van der Waals surface area contributed by atoms with Crippen LogP contribution in [0.15, 0.2) is 177 Å². The van der Waals surface area contributed by atoms with Gasteiger partial charge >= 0.3 is 12.1 Å². The molecule has 344 valence electrons. The van der Waals surface area contributed by atoms with Crippen molar-refractivity contribution in [1.82, 2.24) is 40.8 Å². The number of esters is 1. The van der Waals surface area contributed by atoms with E-state index in [9.17, 15) is 24.0 Å². The average molecular weight is 911 g/mol. The standard InChI is InChI=1S/C53H50N8O7/c1-2-26-67-51(65)47(27-39-29-54-34-57-39)60-48(62)30-55-50(64)46(59-49(63)31-56-52(66)68-33-45-43-24-14-12-22-41(43)42-23-13-15-25-44(42)45)28-40-32-61(35-58-40)53(36-16-6-3-7-17-36,37-18-8-4-9-19-37)38-20-10-5-11-21-38/h2-25,29,32,34-35,45-47H,1,26-28,30-31,33H2,(H,54,57)(H,55,64)(H,56,66)(H,59,63)(H,60,62)/t46-,47-/m0/s1. The van der Waals surface area contributed by atoms with E-state index in [2.05, 4.69) is 37.8 Å². The molecule has 0 saturated carbocycles. The lowest BCUT2D eigenvalue weighted by Crippen LogP contribution is -2.53. The van der Waals surface area contributed by atoms with Crippen LogP contribution in [-0.2, 0) is 47.0 Å². The summed E-state index contributed by atoms with van der Waals surface area (Å²) in [5.41, 5.74) is 7.20. The molecular weight excluding hydrogens is 861 g/mol. The number of aromatic nitrogens is 4. The summed E-state index contributed by atoms with van der Waals surface area (Å²) in [6, 6.07) is 43.5. The first-order chi connectivity index (χ1) is 33.2. The van der Waals surface area contributed by atoms with Crippen LogP contribution in [0.2, 0.25) is 0 Å². The van der Waals surface area contributed by atoms with E-state index in [0.717, 1.165) is 38.9 Å². The van der Waals surface area contributed by atoms with E-state index in [1.165, 1.54) is 18.6 Å². The number of H-pyrrole nitrogens is 1. The van der Waals surface area contributed by atoms with E-state index in [1.807, 2.05) is 150 Å². The summed E-state index contributed by atoms with van der Waals surface area (Å²) in [7, 11) is 0. The molecular formula is C53H50N8O7. The van der Waals surface area contributed by atoms with Crippen LogP contribution in [0.4, 0.5) is 4.79 Å². The van der Waals surface area contributed by atoms with Gasteiger partial charge in [-0.25, -0.2) is 19.6 Å². The molecule has 4 amide bonds. The van der Waals surface area contributed by atoms with Crippen LogP contribution >= 0.6 is 0 Å². The van der Waals surface area contributed by atoms with Gasteiger partial charge in [-0.15, -0.1) is 0 Å². The molecule has 0 aliphatic heterocycles. The number of ether oxygens (including phenoxy) is 2. The third kappa shape index (κ3) is 10.4. The smallest absolute Gasteiger partial charge is 0.407 e. The third-order valence-corrected chi connectivity index (χ3v) is 11.8. The number of aromatic amines is 1. The number of carbonyl (C=O) groups is 5. The van der Waals surface area contributed by atoms with Crippen molar-refractivity contribution in [2.45, 2.75) is 36.4 Å². The summed E-state index contributed by atoms with van der Waals surface area (Å²) in [4.78, 5) is 78.6. The predicted molar refractivity (Wildman–Crippen MR) is 254 cm³/mol. The number of nitrogens with one attached hydrogen (secondary N) is 5. The first-order valence-corrected chi connectivity index (χ1v) is 22.1. The zero-order valence-corrected chi connectivity index (χ0v) is 37.0. The second-order valence-corrected chi connectivity index (χ2v) is 16.1. The highest BCUT2D eigenvalue weighted by Crippen LogP contribution is 2.45. The maximum Gasteiger partial charge on any atom is 0.407 e. The van der Waals surface area contributed by atoms with Crippen molar-refractivity contribution in [2.75, 3.05) is 26.3 Å². The first kappa shape index (κ1) is 46.0. The maximum atomic E-state index is 14.1. The van der Waals surface area contributed by atoms with Gasteiger partial charge in [0.15, 0.2) is 0 Å². The van der Waals surface area contributed by atoms with E-state index in [0.29, 0.717) is 11.4 Å². The van der Waals surface area contributed by atoms with Gasteiger partial charge in [0, 0.05) is 36.8 Å². The van der Waals surface area contributed by atoms with Gasteiger partial charge in [-0.2, -0.15) is 0 Å². The molecule has 2 aromatic heterocycles. The molecule has 5 aromatic carbocycles. The average Bonchev–Trinajstić information content (AvgIpc) is 4.15. The van der Waals surface area contributed by atoms with E-state index in [1.54, 1.807) is 6.33 Å². The van der Waals surface area contributed by atoms with Crippen LogP contribution in [0, 0.1) is 0 Å². The number of alkyl carbamates (subject to hydrolysis) is 1. The molecule has 8 rings (SSSR count). The fraction of sp³-hybridized carbons (Fsp3) is 0.189. The Morgan fingerprint density at radius 2 is 1.24 bits per heavy atom. The second kappa shape index (κ2) is 21.6. The fourth-order valence-corrected chi connectivity index (χ4v) is 8.69. The molecule has 0 radical (unpaired) electrons. The monoisotopic (exact) mass is 910 g/mol.